The molecule has 2 saturated heterocycles. The molecular formula is C18H31N3O3. The van der Waals surface area contributed by atoms with E-state index < -0.39 is 0 Å². The molecule has 0 radical (unpaired) electrons. The minimum atomic E-state index is -0.233. The lowest BCUT2D eigenvalue weighted by Gasteiger charge is -2.38. The molecule has 6 nitrogen and oxygen atoms in total. The molecule has 24 heavy (non-hydrogen) atoms. The van der Waals surface area contributed by atoms with Crippen LogP contribution >= 0.6 is 0 Å². The highest BCUT2D eigenvalue weighted by Gasteiger charge is 2.32. The molecule has 1 saturated carbocycles. The van der Waals surface area contributed by atoms with Crippen LogP contribution in [0.25, 0.3) is 0 Å². The van der Waals surface area contributed by atoms with Gasteiger partial charge in [0.15, 0.2) is 0 Å². The quantitative estimate of drug-likeness (QED) is 0.836. The molecule has 136 valence electrons. The fourth-order valence-electron chi connectivity index (χ4n) is 4.04. The molecule has 3 fully saturated rings. The number of nitrogens with zero attached hydrogens (tertiary/aromatic N) is 2. The van der Waals surface area contributed by atoms with E-state index in [0.717, 1.165) is 38.8 Å². The predicted molar refractivity (Wildman–Crippen MR) is 91.6 cm³/mol. The Hall–Kier alpha value is -1.14. The molecule has 6 heteroatoms. The third-order valence-corrected chi connectivity index (χ3v) is 5.71. The number of ether oxygens (including phenoxy) is 1. The van der Waals surface area contributed by atoms with Crippen molar-refractivity contribution in [3.63, 3.8) is 0 Å². The maximum atomic E-state index is 12.5. The summed E-state index contributed by atoms with van der Waals surface area (Å²) >= 11 is 0. The van der Waals surface area contributed by atoms with E-state index in [1.165, 1.54) is 19.3 Å². The average molecular weight is 337 g/mol. The van der Waals surface area contributed by atoms with Crippen molar-refractivity contribution in [2.45, 2.75) is 70.1 Å². The van der Waals surface area contributed by atoms with Gasteiger partial charge >= 0.3 is 0 Å². The van der Waals surface area contributed by atoms with E-state index in [1.54, 1.807) is 0 Å². The molecule has 3 aliphatic rings. The Morgan fingerprint density at radius 2 is 1.71 bits per heavy atom. The molecule has 0 aromatic rings. The summed E-state index contributed by atoms with van der Waals surface area (Å²) in [4.78, 5) is 29.0. The molecule has 2 aliphatic heterocycles. The Morgan fingerprint density at radius 1 is 1.00 bits per heavy atom. The third kappa shape index (κ3) is 4.28. The monoisotopic (exact) mass is 337 g/mol. The number of hydrogen-bond acceptors (Lipinski definition) is 4. The van der Waals surface area contributed by atoms with E-state index in [9.17, 15) is 9.59 Å². The molecular weight excluding hydrogens is 306 g/mol. The second-order valence-electron chi connectivity index (χ2n) is 7.38. The number of nitrogens with one attached hydrogen (secondary N) is 1. The second-order valence-corrected chi connectivity index (χ2v) is 7.38. The van der Waals surface area contributed by atoms with Gasteiger partial charge in [0.25, 0.3) is 5.91 Å². The Labute approximate surface area is 144 Å². The van der Waals surface area contributed by atoms with Crippen LogP contribution in [-0.2, 0) is 14.3 Å². The van der Waals surface area contributed by atoms with Gasteiger partial charge in [-0.3, -0.25) is 14.5 Å². The predicted octanol–water partition coefficient (Wildman–Crippen LogP) is 1.15. The first-order valence-electron chi connectivity index (χ1n) is 9.60. The van der Waals surface area contributed by atoms with E-state index in [0.29, 0.717) is 25.7 Å². The van der Waals surface area contributed by atoms with Gasteiger partial charge in [-0.25, -0.2) is 0 Å². The summed E-state index contributed by atoms with van der Waals surface area (Å²) in [6.45, 7) is 5.60. The summed E-state index contributed by atoms with van der Waals surface area (Å²) in [5.41, 5.74) is 0. The summed E-state index contributed by atoms with van der Waals surface area (Å²) in [5.74, 6) is 0.271. The average Bonchev–Trinajstić information content (AvgIpc) is 3.16. The number of rotatable bonds is 4. The van der Waals surface area contributed by atoms with Crippen molar-refractivity contribution < 1.29 is 14.3 Å². The summed E-state index contributed by atoms with van der Waals surface area (Å²) in [7, 11) is 0. The van der Waals surface area contributed by atoms with Crippen LogP contribution in [0.2, 0.25) is 0 Å². The maximum absolute atomic E-state index is 12.5. The van der Waals surface area contributed by atoms with Crippen molar-refractivity contribution in [3.8, 4) is 0 Å². The van der Waals surface area contributed by atoms with Crippen LogP contribution in [0.5, 0.6) is 0 Å². The standard InChI is InChI=1S/C18H31N3O3/c1-14(17(22)19-15-6-3-2-4-7-15)20-9-11-21(12-10-20)18(23)16-8-5-13-24-16/h14-16H,2-13H2,1H3,(H,19,22)/t14-,16-/m0/s1. The summed E-state index contributed by atoms with van der Waals surface area (Å²) in [6, 6.07) is 0.239. The Bertz CT molecular complexity index is 437. The lowest BCUT2D eigenvalue weighted by atomic mass is 9.95. The number of amides is 2. The van der Waals surface area contributed by atoms with Crippen LogP contribution in [0, 0.1) is 0 Å². The lowest BCUT2D eigenvalue weighted by Crippen LogP contribution is -2.57. The Balaban J connectivity index is 1.43. The molecule has 3 rings (SSSR count). The van der Waals surface area contributed by atoms with Crippen LogP contribution in [-0.4, -0.2) is 72.6 Å². The van der Waals surface area contributed by atoms with E-state index in [-0.39, 0.29) is 24.0 Å². The number of carbonyl (C=O) groups is 2. The minimum Gasteiger partial charge on any atom is -0.368 e. The molecule has 0 bridgehead atoms. The van der Waals surface area contributed by atoms with Crippen LogP contribution < -0.4 is 5.32 Å². The highest BCUT2D eigenvalue weighted by atomic mass is 16.5. The molecule has 2 heterocycles. The van der Waals surface area contributed by atoms with Gasteiger partial charge in [0.1, 0.15) is 6.10 Å². The van der Waals surface area contributed by atoms with E-state index in [4.69, 9.17) is 4.74 Å². The van der Waals surface area contributed by atoms with Gasteiger partial charge in [0.05, 0.1) is 6.04 Å². The van der Waals surface area contributed by atoms with Gasteiger partial charge in [-0.1, -0.05) is 19.3 Å². The zero-order valence-electron chi connectivity index (χ0n) is 14.8. The number of hydrogen-bond donors (Lipinski definition) is 1. The van der Waals surface area contributed by atoms with Crippen molar-refractivity contribution in [2.24, 2.45) is 0 Å². The largest absolute Gasteiger partial charge is 0.368 e. The van der Waals surface area contributed by atoms with Gasteiger partial charge in [-0.2, -0.15) is 0 Å². The molecule has 0 aromatic carbocycles. The van der Waals surface area contributed by atoms with E-state index in [1.807, 2.05) is 11.8 Å². The molecule has 0 aromatic heterocycles. The topological polar surface area (TPSA) is 61.9 Å². The molecule has 1 aliphatic carbocycles. The summed E-state index contributed by atoms with van der Waals surface area (Å²) in [6.07, 6.45) is 7.57. The van der Waals surface area contributed by atoms with E-state index in [2.05, 4.69) is 10.2 Å². The number of carbonyl (C=O) groups excluding carboxylic acids is 2. The summed E-state index contributed by atoms with van der Waals surface area (Å²) < 4.78 is 5.50. The zero-order chi connectivity index (χ0) is 16.9. The fourth-order valence-corrected chi connectivity index (χ4v) is 4.04. The van der Waals surface area contributed by atoms with Crippen molar-refractivity contribution in [3.05, 3.63) is 0 Å². The summed E-state index contributed by atoms with van der Waals surface area (Å²) in [5, 5.41) is 3.21. The first-order chi connectivity index (χ1) is 11.6. The highest BCUT2D eigenvalue weighted by Crippen LogP contribution is 2.19. The molecule has 0 spiro atoms. The first kappa shape index (κ1) is 17.7. The van der Waals surface area contributed by atoms with Gasteiger partial charge in [-0.05, 0) is 32.6 Å². The fraction of sp³-hybridized carbons (Fsp3) is 0.889. The SMILES string of the molecule is C[C@@H](C(=O)NC1CCCCC1)N1CCN(C(=O)[C@@H]2CCCO2)CC1. The van der Waals surface area contributed by atoms with Crippen molar-refractivity contribution in [1.29, 1.82) is 0 Å². The zero-order valence-corrected chi connectivity index (χ0v) is 14.8. The van der Waals surface area contributed by atoms with Crippen molar-refractivity contribution in [2.75, 3.05) is 32.8 Å². The van der Waals surface area contributed by atoms with E-state index >= 15 is 0 Å². The highest BCUT2D eigenvalue weighted by molar-refractivity contribution is 5.82. The van der Waals surface area contributed by atoms with Crippen molar-refractivity contribution in [1.82, 2.24) is 15.1 Å². The molecule has 1 N–H and O–H groups in total. The minimum absolute atomic E-state index is 0.119. The third-order valence-electron chi connectivity index (χ3n) is 5.71. The lowest BCUT2D eigenvalue weighted by molar-refractivity contribution is -0.143. The Morgan fingerprint density at radius 3 is 2.33 bits per heavy atom. The van der Waals surface area contributed by atoms with Gasteiger partial charge in [0, 0.05) is 38.8 Å². The molecule has 2 atom stereocenters. The van der Waals surface area contributed by atoms with Gasteiger partial charge in [0.2, 0.25) is 5.91 Å². The first-order valence-corrected chi connectivity index (χ1v) is 9.60. The molecule has 2 amide bonds. The molecule has 0 unspecified atom stereocenters. The smallest absolute Gasteiger partial charge is 0.251 e. The van der Waals surface area contributed by atoms with Crippen molar-refractivity contribution >= 4 is 11.8 Å². The van der Waals surface area contributed by atoms with Crippen LogP contribution in [0.15, 0.2) is 0 Å². The van der Waals surface area contributed by atoms with Crippen LogP contribution in [0.4, 0.5) is 0 Å². The van der Waals surface area contributed by atoms with Crippen LogP contribution in [0.1, 0.15) is 51.9 Å². The Kier molecular flexibility index (Phi) is 6.11. The van der Waals surface area contributed by atoms with Gasteiger partial charge < -0.3 is 15.0 Å². The maximum Gasteiger partial charge on any atom is 0.251 e. The number of piperazine rings is 1. The van der Waals surface area contributed by atoms with Crippen LogP contribution in [0.3, 0.4) is 0 Å². The van der Waals surface area contributed by atoms with Gasteiger partial charge in [-0.15, -0.1) is 0 Å². The second kappa shape index (κ2) is 8.30. The normalized spacial score (nSPS) is 27.9.